The molecule has 2 fully saturated rings. The normalized spacial score (nSPS) is 22.5. The van der Waals surface area contributed by atoms with Crippen molar-refractivity contribution in [3.63, 3.8) is 0 Å². The molecular formula is C20H25N5O. The molecule has 2 aromatic rings. The van der Waals surface area contributed by atoms with E-state index in [1.165, 1.54) is 19.3 Å². The molecule has 26 heavy (non-hydrogen) atoms. The van der Waals surface area contributed by atoms with Crippen molar-refractivity contribution in [2.45, 2.75) is 69.9 Å². The molecule has 0 aromatic carbocycles. The van der Waals surface area contributed by atoms with Gasteiger partial charge >= 0.3 is 0 Å². The van der Waals surface area contributed by atoms with Crippen LogP contribution in [0.3, 0.4) is 0 Å². The van der Waals surface area contributed by atoms with Crippen LogP contribution in [0.1, 0.15) is 61.5 Å². The fourth-order valence-electron chi connectivity index (χ4n) is 4.48. The molecule has 2 aliphatic carbocycles. The lowest BCUT2D eigenvalue weighted by atomic mass is 9.85. The van der Waals surface area contributed by atoms with Crippen LogP contribution in [0.15, 0.2) is 23.1 Å². The van der Waals surface area contributed by atoms with E-state index in [-0.39, 0.29) is 11.6 Å². The zero-order chi connectivity index (χ0) is 17.5. The maximum Gasteiger partial charge on any atom is 0.267 e. The lowest BCUT2D eigenvalue weighted by Gasteiger charge is -2.28. The Morgan fingerprint density at radius 1 is 1.12 bits per heavy atom. The summed E-state index contributed by atoms with van der Waals surface area (Å²) in [6.45, 7) is 1.64. The van der Waals surface area contributed by atoms with E-state index in [1.54, 1.807) is 10.7 Å². The van der Waals surface area contributed by atoms with E-state index in [9.17, 15) is 4.79 Å². The average molecular weight is 351 g/mol. The molecule has 0 radical (unpaired) electrons. The van der Waals surface area contributed by atoms with Crippen LogP contribution in [-0.4, -0.2) is 32.3 Å². The Bertz CT molecular complexity index is 873. The highest BCUT2D eigenvalue weighted by Crippen LogP contribution is 2.35. The summed E-state index contributed by atoms with van der Waals surface area (Å²) in [6.07, 6.45) is 10.9. The highest BCUT2D eigenvalue weighted by molar-refractivity contribution is 5.40. The zero-order valence-corrected chi connectivity index (χ0v) is 15.1. The standard InChI is InChI=1S/C20H25N5O/c26-19-12-15-6-2-8-17(15)23-25(19)13-16-7-3-11-24(16)18-9-10-21-20(22-18)14-4-1-5-14/h9-10,12,14,16H,1-8,11,13H2. The molecule has 0 bridgehead atoms. The zero-order valence-electron chi connectivity index (χ0n) is 15.1. The van der Waals surface area contributed by atoms with Crippen molar-refractivity contribution in [3.8, 4) is 0 Å². The fourth-order valence-corrected chi connectivity index (χ4v) is 4.48. The number of aromatic nitrogens is 4. The van der Waals surface area contributed by atoms with Crippen molar-refractivity contribution >= 4 is 5.82 Å². The third-order valence-corrected chi connectivity index (χ3v) is 6.21. The van der Waals surface area contributed by atoms with Crippen LogP contribution in [-0.2, 0) is 19.4 Å². The molecule has 2 aromatic heterocycles. The largest absolute Gasteiger partial charge is 0.352 e. The van der Waals surface area contributed by atoms with Gasteiger partial charge in [0, 0.05) is 24.7 Å². The van der Waals surface area contributed by atoms with Gasteiger partial charge in [-0.05, 0) is 56.6 Å². The van der Waals surface area contributed by atoms with Gasteiger partial charge in [-0.2, -0.15) is 5.10 Å². The molecule has 3 aliphatic rings. The third kappa shape index (κ3) is 2.81. The van der Waals surface area contributed by atoms with Crippen LogP contribution in [0.4, 0.5) is 5.82 Å². The first kappa shape index (κ1) is 16.0. The predicted octanol–water partition coefficient (Wildman–Crippen LogP) is 2.46. The Kier molecular flexibility index (Phi) is 3.98. The number of hydrogen-bond donors (Lipinski definition) is 0. The summed E-state index contributed by atoms with van der Waals surface area (Å²) in [6, 6.07) is 4.09. The second-order valence-electron chi connectivity index (χ2n) is 7.88. The molecule has 136 valence electrons. The van der Waals surface area contributed by atoms with Gasteiger partial charge in [-0.15, -0.1) is 0 Å². The Morgan fingerprint density at radius 3 is 2.88 bits per heavy atom. The summed E-state index contributed by atoms with van der Waals surface area (Å²) in [5.41, 5.74) is 2.30. The Balaban J connectivity index is 1.39. The van der Waals surface area contributed by atoms with Crippen molar-refractivity contribution in [1.29, 1.82) is 0 Å². The number of hydrogen-bond acceptors (Lipinski definition) is 5. The molecule has 1 atom stereocenters. The number of rotatable bonds is 4. The number of aryl methyl sites for hydroxylation is 2. The van der Waals surface area contributed by atoms with Gasteiger partial charge in [0.15, 0.2) is 0 Å². The van der Waals surface area contributed by atoms with Gasteiger partial charge in [0.1, 0.15) is 11.6 Å². The van der Waals surface area contributed by atoms with Gasteiger partial charge in [0.25, 0.3) is 5.56 Å². The SMILES string of the molecule is O=c1cc2c(nn1CC1CCCN1c1ccnc(C3CCC3)n1)CCC2. The van der Waals surface area contributed by atoms with Crippen LogP contribution in [0.5, 0.6) is 0 Å². The maximum atomic E-state index is 12.5. The van der Waals surface area contributed by atoms with Crippen molar-refractivity contribution in [3.05, 3.63) is 45.8 Å². The third-order valence-electron chi connectivity index (χ3n) is 6.21. The Morgan fingerprint density at radius 2 is 2.04 bits per heavy atom. The molecule has 5 rings (SSSR count). The van der Waals surface area contributed by atoms with Gasteiger partial charge in [-0.3, -0.25) is 4.79 Å². The molecule has 1 saturated heterocycles. The first-order valence-electron chi connectivity index (χ1n) is 9.97. The molecule has 1 unspecified atom stereocenters. The maximum absolute atomic E-state index is 12.5. The van der Waals surface area contributed by atoms with E-state index in [0.717, 1.165) is 61.5 Å². The van der Waals surface area contributed by atoms with Crippen molar-refractivity contribution in [2.24, 2.45) is 0 Å². The number of fused-ring (bicyclic) bond motifs is 1. The van der Waals surface area contributed by atoms with Gasteiger partial charge in [0.05, 0.1) is 18.3 Å². The topological polar surface area (TPSA) is 63.9 Å². The minimum absolute atomic E-state index is 0.0374. The second kappa shape index (κ2) is 6.49. The lowest BCUT2D eigenvalue weighted by molar-refractivity contribution is 0.400. The van der Waals surface area contributed by atoms with Crippen LogP contribution >= 0.6 is 0 Å². The Labute approximate surface area is 153 Å². The fraction of sp³-hybridized carbons (Fsp3) is 0.600. The molecule has 0 spiro atoms. The lowest BCUT2D eigenvalue weighted by Crippen LogP contribution is -2.38. The van der Waals surface area contributed by atoms with E-state index in [1.807, 2.05) is 12.3 Å². The molecule has 6 nitrogen and oxygen atoms in total. The van der Waals surface area contributed by atoms with E-state index in [2.05, 4.69) is 15.0 Å². The van der Waals surface area contributed by atoms with E-state index in [0.29, 0.717) is 12.5 Å². The molecule has 0 N–H and O–H groups in total. The quantitative estimate of drug-likeness (QED) is 0.847. The summed E-state index contributed by atoms with van der Waals surface area (Å²) in [7, 11) is 0. The summed E-state index contributed by atoms with van der Waals surface area (Å²) < 4.78 is 1.68. The average Bonchev–Trinajstić information content (AvgIpc) is 3.23. The van der Waals surface area contributed by atoms with Crippen molar-refractivity contribution < 1.29 is 0 Å². The molecule has 1 saturated carbocycles. The predicted molar refractivity (Wildman–Crippen MR) is 99.5 cm³/mol. The minimum Gasteiger partial charge on any atom is -0.352 e. The number of anilines is 1. The van der Waals surface area contributed by atoms with E-state index >= 15 is 0 Å². The molecule has 1 aliphatic heterocycles. The second-order valence-corrected chi connectivity index (χ2v) is 7.88. The molecule has 0 amide bonds. The van der Waals surface area contributed by atoms with Crippen LogP contribution in [0.2, 0.25) is 0 Å². The van der Waals surface area contributed by atoms with Crippen molar-refractivity contribution in [1.82, 2.24) is 19.7 Å². The van der Waals surface area contributed by atoms with Gasteiger partial charge in [-0.1, -0.05) is 6.42 Å². The minimum atomic E-state index is 0.0374. The van der Waals surface area contributed by atoms with Crippen LogP contribution in [0.25, 0.3) is 0 Å². The van der Waals surface area contributed by atoms with E-state index < -0.39 is 0 Å². The summed E-state index contributed by atoms with van der Waals surface area (Å²) in [4.78, 5) is 24.2. The van der Waals surface area contributed by atoms with Crippen molar-refractivity contribution in [2.75, 3.05) is 11.4 Å². The monoisotopic (exact) mass is 351 g/mol. The summed E-state index contributed by atoms with van der Waals surface area (Å²) in [5.74, 6) is 2.54. The van der Waals surface area contributed by atoms with E-state index in [4.69, 9.17) is 4.98 Å². The molecule has 6 heteroatoms. The Hall–Kier alpha value is -2.24. The van der Waals surface area contributed by atoms with Gasteiger partial charge < -0.3 is 4.90 Å². The van der Waals surface area contributed by atoms with Crippen LogP contribution in [0, 0.1) is 0 Å². The number of nitrogens with zero attached hydrogens (tertiary/aromatic N) is 5. The highest BCUT2D eigenvalue weighted by Gasteiger charge is 2.29. The first-order chi connectivity index (χ1) is 12.8. The molecular weight excluding hydrogens is 326 g/mol. The first-order valence-corrected chi connectivity index (χ1v) is 9.97. The smallest absolute Gasteiger partial charge is 0.267 e. The van der Waals surface area contributed by atoms with Gasteiger partial charge in [-0.25, -0.2) is 14.6 Å². The van der Waals surface area contributed by atoms with Gasteiger partial charge in [0.2, 0.25) is 0 Å². The van der Waals surface area contributed by atoms with Crippen LogP contribution < -0.4 is 10.5 Å². The summed E-state index contributed by atoms with van der Waals surface area (Å²) >= 11 is 0. The molecule has 3 heterocycles. The summed E-state index contributed by atoms with van der Waals surface area (Å²) in [5, 5.41) is 4.66. The highest BCUT2D eigenvalue weighted by atomic mass is 16.1.